The number of ether oxygens (including phenoxy) is 1. The fourth-order valence-electron chi connectivity index (χ4n) is 4.12. The van der Waals surface area contributed by atoms with Crippen LogP contribution in [0.15, 0.2) is 23.4 Å². The van der Waals surface area contributed by atoms with E-state index in [0.717, 1.165) is 25.0 Å². The number of fused-ring (bicyclic) bond motifs is 2. The summed E-state index contributed by atoms with van der Waals surface area (Å²) in [5.41, 5.74) is -0.370. The summed E-state index contributed by atoms with van der Waals surface area (Å²) in [5, 5.41) is 9.89. The van der Waals surface area contributed by atoms with Gasteiger partial charge in [-0.1, -0.05) is 16.5 Å². The van der Waals surface area contributed by atoms with Crippen molar-refractivity contribution >= 4 is 22.2 Å². The zero-order valence-electron chi connectivity index (χ0n) is 17.6. The van der Waals surface area contributed by atoms with Gasteiger partial charge in [0.25, 0.3) is 0 Å². The van der Waals surface area contributed by atoms with Crippen molar-refractivity contribution in [3.8, 4) is 11.5 Å². The molecular formula is C20H20F6N4O2S. The maximum atomic E-state index is 13.2. The second-order valence-corrected chi connectivity index (χ2v) is 9.22. The quantitative estimate of drug-likeness (QED) is 0.306. The predicted molar refractivity (Wildman–Crippen MR) is 109 cm³/mol. The standard InChI is InChI=1S/C20H20F6N4O2S/c1-10(2)29-32-15-7-13(19(21,22)23)5-6-14(15)31-16-11-3-4-12(16)9-30(8-11)18-28-27-17(33-18)20(24,25)26/h5-7,11-12,16H,3-4,8-9H2,1-2H3/t11-,12+,16-. The smallest absolute Gasteiger partial charge is 0.445 e. The number of benzene rings is 1. The summed E-state index contributed by atoms with van der Waals surface area (Å²) in [6, 6.07) is 2.98. The van der Waals surface area contributed by atoms with Crippen molar-refractivity contribution in [2.75, 3.05) is 18.0 Å². The topological polar surface area (TPSA) is 59.8 Å². The monoisotopic (exact) mass is 494 g/mol. The molecule has 6 nitrogen and oxygen atoms in total. The molecular weight excluding hydrogens is 474 g/mol. The number of nitrogens with zero attached hydrogens (tertiary/aromatic N) is 4. The second-order valence-electron chi connectivity index (χ2n) is 8.26. The number of oxime groups is 1. The lowest BCUT2D eigenvalue weighted by Gasteiger charge is -2.37. The first-order chi connectivity index (χ1) is 15.4. The molecule has 2 aliphatic rings. The third-order valence-electron chi connectivity index (χ3n) is 5.54. The lowest BCUT2D eigenvalue weighted by Crippen LogP contribution is -2.47. The Balaban J connectivity index is 1.52. The van der Waals surface area contributed by atoms with Crippen LogP contribution in [-0.2, 0) is 12.4 Å². The predicted octanol–water partition coefficient (Wildman–Crippen LogP) is 5.64. The van der Waals surface area contributed by atoms with E-state index in [-0.39, 0.29) is 34.6 Å². The number of alkyl halides is 6. The third-order valence-corrected chi connectivity index (χ3v) is 6.56. The Hall–Kier alpha value is -2.57. The Labute approximate surface area is 189 Å². The second kappa shape index (κ2) is 8.65. The van der Waals surface area contributed by atoms with Gasteiger partial charge in [0.2, 0.25) is 10.1 Å². The first-order valence-electron chi connectivity index (χ1n) is 10.1. The van der Waals surface area contributed by atoms with Crippen LogP contribution in [0.25, 0.3) is 0 Å². The first-order valence-corrected chi connectivity index (χ1v) is 10.9. The molecule has 3 atom stereocenters. The summed E-state index contributed by atoms with van der Waals surface area (Å²) in [6.07, 6.45) is -7.86. The number of anilines is 1. The summed E-state index contributed by atoms with van der Waals surface area (Å²) in [6.45, 7) is 4.11. The van der Waals surface area contributed by atoms with Crippen molar-refractivity contribution in [2.24, 2.45) is 17.0 Å². The number of hydrogen-bond donors (Lipinski definition) is 0. The zero-order valence-corrected chi connectivity index (χ0v) is 18.4. The molecule has 0 amide bonds. The highest BCUT2D eigenvalue weighted by Gasteiger charge is 2.45. The molecule has 1 aliphatic carbocycles. The fraction of sp³-hybridized carbons (Fsp3) is 0.550. The van der Waals surface area contributed by atoms with Crippen LogP contribution in [0.2, 0.25) is 0 Å². The zero-order chi connectivity index (χ0) is 24.0. The van der Waals surface area contributed by atoms with Crippen molar-refractivity contribution in [2.45, 2.75) is 45.1 Å². The van der Waals surface area contributed by atoms with Gasteiger partial charge in [0.1, 0.15) is 6.10 Å². The molecule has 1 aromatic heterocycles. The van der Waals surface area contributed by atoms with Crippen LogP contribution in [-0.4, -0.2) is 35.1 Å². The molecule has 1 saturated carbocycles. The Bertz CT molecular complexity index is 1020. The van der Waals surface area contributed by atoms with Gasteiger partial charge in [0.15, 0.2) is 11.5 Å². The number of hydrogen-bond acceptors (Lipinski definition) is 7. The minimum atomic E-state index is -4.55. The Morgan fingerprint density at radius 2 is 1.67 bits per heavy atom. The normalized spacial score (nSPS) is 22.9. The maximum Gasteiger partial charge on any atom is 0.445 e. The molecule has 180 valence electrons. The maximum absolute atomic E-state index is 13.2. The van der Waals surface area contributed by atoms with E-state index in [1.165, 1.54) is 6.07 Å². The number of aromatic nitrogens is 2. The molecule has 0 unspecified atom stereocenters. The number of halogens is 6. The first kappa shape index (κ1) is 23.6. The van der Waals surface area contributed by atoms with Crippen LogP contribution >= 0.6 is 11.3 Å². The molecule has 33 heavy (non-hydrogen) atoms. The van der Waals surface area contributed by atoms with Gasteiger partial charge in [0.05, 0.1) is 11.3 Å². The fourth-order valence-corrected chi connectivity index (χ4v) is 4.85. The number of rotatable bonds is 5. The van der Waals surface area contributed by atoms with E-state index >= 15 is 0 Å². The van der Waals surface area contributed by atoms with Crippen molar-refractivity contribution < 1.29 is 35.9 Å². The van der Waals surface area contributed by atoms with Crippen LogP contribution in [0.3, 0.4) is 0 Å². The van der Waals surface area contributed by atoms with Gasteiger partial charge in [-0.05, 0) is 44.9 Å². The van der Waals surface area contributed by atoms with Crippen molar-refractivity contribution in [3.63, 3.8) is 0 Å². The molecule has 0 radical (unpaired) electrons. The molecule has 2 aromatic rings. The van der Waals surface area contributed by atoms with E-state index in [1.54, 1.807) is 18.7 Å². The van der Waals surface area contributed by atoms with E-state index in [1.807, 2.05) is 0 Å². The minimum absolute atomic E-state index is 0.0338. The molecule has 0 N–H and O–H groups in total. The molecule has 0 spiro atoms. The van der Waals surface area contributed by atoms with Gasteiger partial charge in [-0.15, -0.1) is 10.2 Å². The van der Waals surface area contributed by atoms with Crippen LogP contribution in [0.5, 0.6) is 11.5 Å². The van der Waals surface area contributed by atoms with Crippen LogP contribution in [0.1, 0.15) is 37.3 Å². The highest BCUT2D eigenvalue weighted by atomic mass is 32.1. The molecule has 2 fully saturated rings. The Morgan fingerprint density at radius 3 is 2.21 bits per heavy atom. The number of piperidine rings is 1. The van der Waals surface area contributed by atoms with Crippen LogP contribution in [0, 0.1) is 11.8 Å². The molecule has 1 aliphatic heterocycles. The molecule has 13 heteroatoms. The molecule has 2 bridgehead atoms. The molecule has 4 rings (SSSR count). The van der Waals surface area contributed by atoms with E-state index in [9.17, 15) is 26.3 Å². The summed E-state index contributed by atoms with van der Waals surface area (Å²) >= 11 is 0.496. The largest absolute Gasteiger partial charge is 0.486 e. The van der Waals surface area contributed by atoms with Crippen molar-refractivity contribution in [1.29, 1.82) is 0 Å². The van der Waals surface area contributed by atoms with E-state index in [2.05, 4.69) is 15.4 Å². The van der Waals surface area contributed by atoms with Crippen molar-refractivity contribution in [1.82, 2.24) is 10.2 Å². The van der Waals surface area contributed by atoms with E-state index in [4.69, 9.17) is 9.57 Å². The Kier molecular flexibility index (Phi) is 6.18. The summed E-state index contributed by atoms with van der Waals surface area (Å²) in [4.78, 5) is 6.99. The highest BCUT2D eigenvalue weighted by Crippen LogP contribution is 2.44. The third kappa shape index (κ3) is 5.17. The molecule has 1 saturated heterocycles. The van der Waals surface area contributed by atoms with Gasteiger partial charge in [-0.2, -0.15) is 26.3 Å². The molecule has 1 aromatic carbocycles. The summed E-state index contributed by atoms with van der Waals surface area (Å²) < 4.78 is 84.2. The lowest BCUT2D eigenvalue weighted by atomic mass is 9.95. The van der Waals surface area contributed by atoms with Crippen LogP contribution in [0.4, 0.5) is 31.5 Å². The van der Waals surface area contributed by atoms with Gasteiger partial charge < -0.3 is 14.5 Å². The van der Waals surface area contributed by atoms with E-state index < -0.39 is 22.9 Å². The summed E-state index contributed by atoms with van der Waals surface area (Å²) in [7, 11) is 0. The summed E-state index contributed by atoms with van der Waals surface area (Å²) in [5.74, 6) is -0.0764. The average molecular weight is 494 g/mol. The average Bonchev–Trinajstić information content (AvgIpc) is 3.29. The van der Waals surface area contributed by atoms with Gasteiger partial charge in [-0.25, -0.2) is 0 Å². The highest BCUT2D eigenvalue weighted by molar-refractivity contribution is 7.15. The van der Waals surface area contributed by atoms with Gasteiger partial charge >= 0.3 is 12.4 Å². The lowest BCUT2D eigenvalue weighted by molar-refractivity contribution is -0.138. The Morgan fingerprint density at radius 1 is 1.00 bits per heavy atom. The van der Waals surface area contributed by atoms with Crippen LogP contribution < -0.4 is 14.5 Å². The van der Waals surface area contributed by atoms with Gasteiger partial charge in [0, 0.05) is 24.9 Å². The molecule has 2 heterocycles. The minimum Gasteiger partial charge on any atom is -0.486 e. The van der Waals surface area contributed by atoms with E-state index in [0.29, 0.717) is 30.1 Å². The van der Waals surface area contributed by atoms with Crippen molar-refractivity contribution in [3.05, 3.63) is 28.8 Å². The van der Waals surface area contributed by atoms with Gasteiger partial charge in [-0.3, -0.25) is 0 Å². The SMILES string of the molecule is CC(C)=NOc1cc(C(F)(F)F)ccc1O[C@@H]1[C@@H]2CC[C@H]1CN(c1nnc(C(F)(F)F)s1)C2.